The third-order valence-corrected chi connectivity index (χ3v) is 6.20. The van der Waals surface area contributed by atoms with Gasteiger partial charge in [0.1, 0.15) is 12.4 Å². The Bertz CT molecular complexity index is 1150. The van der Waals surface area contributed by atoms with Crippen molar-refractivity contribution in [3.05, 3.63) is 76.9 Å². The van der Waals surface area contributed by atoms with Crippen LogP contribution in [-0.4, -0.2) is 39.1 Å². The van der Waals surface area contributed by atoms with Crippen LogP contribution in [0.15, 0.2) is 60.7 Å². The molecule has 0 aliphatic rings. The molecular weight excluding hydrogens is 460 g/mol. The lowest BCUT2D eigenvalue weighted by molar-refractivity contribution is -0.137. The molecule has 1 heterocycles. The fourth-order valence-electron chi connectivity index (χ4n) is 3.91. The number of rotatable bonds is 8. The molecule has 3 aromatic rings. The van der Waals surface area contributed by atoms with E-state index in [4.69, 9.17) is 16.7 Å². The van der Waals surface area contributed by atoms with Crippen LogP contribution in [-0.2, 0) is 15.0 Å². The lowest BCUT2D eigenvalue weighted by atomic mass is 9.92. The second-order valence-corrected chi connectivity index (χ2v) is 10.5. The molecule has 35 heavy (non-hydrogen) atoms. The number of hydrogen-bond donors (Lipinski definition) is 1. The predicted molar refractivity (Wildman–Crippen MR) is 142 cm³/mol. The zero-order chi connectivity index (χ0) is 25.8. The van der Waals surface area contributed by atoms with Crippen LogP contribution in [0.2, 0.25) is 5.02 Å². The Labute approximate surface area is 213 Å². The van der Waals surface area contributed by atoms with E-state index in [9.17, 15) is 9.59 Å². The van der Waals surface area contributed by atoms with Crippen LogP contribution in [0.1, 0.15) is 65.1 Å². The van der Waals surface area contributed by atoms with Gasteiger partial charge in [-0.05, 0) is 50.1 Å². The Kier molecular flexibility index (Phi) is 8.39. The SMILES string of the molecule is CCC(C(=O)N(CC(=O)Nc1cc(C(C)(C)C)nn1-c1ccc(Cl)cc1)C(C)C)c1ccccc1. The standard InChI is InChI=1S/C28H35ClN4O2/c1-7-23(20-11-9-8-10-12-20)27(35)32(19(2)3)18-26(34)30-25-17-24(28(4,5)6)31-33(25)22-15-13-21(29)14-16-22/h8-17,19,23H,7,18H2,1-6H3,(H,30,34). The Morgan fingerprint density at radius 2 is 1.69 bits per heavy atom. The van der Waals surface area contributed by atoms with Gasteiger partial charge < -0.3 is 10.2 Å². The molecule has 0 fully saturated rings. The molecule has 0 aliphatic carbocycles. The van der Waals surface area contributed by atoms with E-state index in [0.29, 0.717) is 17.3 Å². The van der Waals surface area contributed by atoms with Gasteiger partial charge in [0.15, 0.2) is 0 Å². The molecule has 1 atom stereocenters. The van der Waals surface area contributed by atoms with Crippen LogP contribution in [0.3, 0.4) is 0 Å². The largest absolute Gasteiger partial charge is 0.330 e. The minimum atomic E-state index is -0.293. The van der Waals surface area contributed by atoms with E-state index in [1.165, 1.54) is 0 Å². The van der Waals surface area contributed by atoms with Crippen molar-refractivity contribution in [2.75, 3.05) is 11.9 Å². The van der Waals surface area contributed by atoms with Crippen molar-refractivity contribution < 1.29 is 9.59 Å². The summed E-state index contributed by atoms with van der Waals surface area (Å²) in [5.74, 6) is -0.0667. The fraction of sp³-hybridized carbons (Fsp3) is 0.393. The highest BCUT2D eigenvalue weighted by Gasteiger charge is 2.28. The molecule has 0 spiro atoms. The number of benzene rings is 2. The number of carbonyl (C=O) groups is 2. The van der Waals surface area contributed by atoms with Crippen molar-refractivity contribution in [1.82, 2.24) is 14.7 Å². The maximum absolute atomic E-state index is 13.5. The average Bonchev–Trinajstić information content (AvgIpc) is 3.23. The Balaban J connectivity index is 1.85. The first kappa shape index (κ1) is 26.5. The lowest BCUT2D eigenvalue weighted by Crippen LogP contribution is -2.44. The molecule has 2 amide bonds. The van der Waals surface area contributed by atoms with E-state index < -0.39 is 0 Å². The van der Waals surface area contributed by atoms with Gasteiger partial charge in [0.2, 0.25) is 11.8 Å². The van der Waals surface area contributed by atoms with Crippen LogP contribution in [0.5, 0.6) is 0 Å². The number of amides is 2. The van der Waals surface area contributed by atoms with Gasteiger partial charge in [0.05, 0.1) is 17.3 Å². The minimum absolute atomic E-state index is 0.0452. The zero-order valence-corrected chi connectivity index (χ0v) is 22.1. The smallest absolute Gasteiger partial charge is 0.245 e. The number of hydrogen-bond acceptors (Lipinski definition) is 3. The number of nitrogens with one attached hydrogen (secondary N) is 1. The molecule has 7 heteroatoms. The van der Waals surface area contributed by atoms with Crippen LogP contribution in [0.25, 0.3) is 5.69 Å². The zero-order valence-electron chi connectivity index (χ0n) is 21.4. The van der Waals surface area contributed by atoms with Gasteiger partial charge in [0.25, 0.3) is 0 Å². The quantitative estimate of drug-likeness (QED) is 0.405. The van der Waals surface area contributed by atoms with Crippen LogP contribution in [0, 0.1) is 0 Å². The second-order valence-electron chi connectivity index (χ2n) is 10.0. The normalized spacial score (nSPS) is 12.5. The first-order valence-electron chi connectivity index (χ1n) is 12.0. The van der Waals surface area contributed by atoms with Gasteiger partial charge >= 0.3 is 0 Å². The molecule has 0 aliphatic heterocycles. The van der Waals surface area contributed by atoms with E-state index in [-0.39, 0.29) is 35.7 Å². The fourth-order valence-corrected chi connectivity index (χ4v) is 4.03. The summed E-state index contributed by atoms with van der Waals surface area (Å²) in [5, 5.41) is 8.35. The summed E-state index contributed by atoms with van der Waals surface area (Å²) in [4.78, 5) is 28.3. The predicted octanol–water partition coefficient (Wildman–Crippen LogP) is 6.19. The topological polar surface area (TPSA) is 67.2 Å². The van der Waals surface area contributed by atoms with Crippen LogP contribution < -0.4 is 5.32 Å². The van der Waals surface area contributed by atoms with E-state index in [1.54, 1.807) is 21.7 Å². The molecule has 1 aromatic heterocycles. The highest BCUT2D eigenvalue weighted by Crippen LogP contribution is 2.27. The number of carbonyl (C=O) groups excluding carboxylic acids is 2. The molecule has 3 rings (SSSR count). The van der Waals surface area contributed by atoms with Crippen molar-refractivity contribution in [3.63, 3.8) is 0 Å². The monoisotopic (exact) mass is 494 g/mol. The second kappa shape index (κ2) is 11.1. The molecular formula is C28H35ClN4O2. The van der Waals surface area contributed by atoms with Crippen molar-refractivity contribution >= 4 is 29.2 Å². The van der Waals surface area contributed by atoms with Gasteiger partial charge in [-0.1, -0.05) is 69.6 Å². The van der Waals surface area contributed by atoms with Crippen molar-refractivity contribution in [2.24, 2.45) is 0 Å². The summed E-state index contributed by atoms with van der Waals surface area (Å²) >= 11 is 6.06. The minimum Gasteiger partial charge on any atom is -0.330 e. The number of anilines is 1. The molecule has 6 nitrogen and oxygen atoms in total. The van der Waals surface area contributed by atoms with Gasteiger partial charge in [-0.3, -0.25) is 9.59 Å². The third kappa shape index (κ3) is 6.51. The summed E-state index contributed by atoms with van der Waals surface area (Å²) in [6.45, 7) is 12.0. The van der Waals surface area contributed by atoms with Gasteiger partial charge in [-0.2, -0.15) is 5.10 Å². The van der Waals surface area contributed by atoms with Gasteiger partial charge in [-0.25, -0.2) is 4.68 Å². The summed E-state index contributed by atoms with van der Waals surface area (Å²) in [5.41, 5.74) is 2.38. The van der Waals surface area contributed by atoms with Gasteiger partial charge in [0, 0.05) is 22.5 Å². The summed E-state index contributed by atoms with van der Waals surface area (Å²) < 4.78 is 1.70. The van der Waals surface area contributed by atoms with Crippen molar-refractivity contribution in [3.8, 4) is 5.69 Å². The highest BCUT2D eigenvalue weighted by atomic mass is 35.5. The molecule has 0 saturated heterocycles. The van der Waals surface area contributed by atoms with Crippen molar-refractivity contribution in [1.29, 1.82) is 0 Å². The first-order valence-corrected chi connectivity index (χ1v) is 12.4. The van der Waals surface area contributed by atoms with E-state index in [0.717, 1.165) is 16.9 Å². The van der Waals surface area contributed by atoms with Crippen LogP contribution >= 0.6 is 11.6 Å². The maximum atomic E-state index is 13.5. The summed E-state index contributed by atoms with van der Waals surface area (Å²) in [6, 6.07) is 18.8. The highest BCUT2D eigenvalue weighted by molar-refractivity contribution is 6.30. The number of aromatic nitrogens is 2. The lowest BCUT2D eigenvalue weighted by Gasteiger charge is -2.30. The number of nitrogens with zero attached hydrogens (tertiary/aromatic N) is 3. The Morgan fingerprint density at radius 1 is 1.06 bits per heavy atom. The molecule has 1 N–H and O–H groups in total. The molecule has 1 unspecified atom stereocenters. The Morgan fingerprint density at radius 3 is 2.23 bits per heavy atom. The van der Waals surface area contributed by atoms with E-state index >= 15 is 0 Å². The first-order chi connectivity index (χ1) is 16.5. The van der Waals surface area contributed by atoms with Crippen LogP contribution in [0.4, 0.5) is 5.82 Å². The molecule has 186 valence electrons. The molecule has 0 bridgehead atoms. The van der Waals surface area contributed by atoms with E-state index in [2.05, 4.69) is 26.1 Å². The summed E-state index contributed by atoms with van der Waals surface area (Å²) in [7, 11) is 0. The molecule has 2 aromatic carbocycles. The average molecular weight is 495 g/mol. The number of halogens is 1. The maximum Gasteiger partial charge on any atom is 0.245 e. The van der Waals surface area contributed by atoms with Crippen molar-refractivity contribution in [2.45, 2.75) is 65.3 Å². The van der Waals surface area contributed by atoms with Gasteiger partial charge in [-0.15, -0.1) is 0 Å². The van der Waals surface area contributed by atoms with E-state index in [1.807, 2.05) is 69.3 Å². The summed E-state index contributed by atoms with van der Waals surface area (Å²) in [6.07, 6.45) is 0.659. The third-order valence-electron chi connectivity index (χ3n) is 5.95. The Hall–Kier alpha value is -3.12. The molecule has 0 saturated carbocycles. The molecule has 0 radical (unpaired) electrons.